The lowest BCUT2D eigenvalue weighted by Gasteiger charge is -2.23. The Hall–Kier alpha value is -3.59. The van der Waals surface area contributed by atoms with E-state index in [-0.39, 0.29) is 21.6 Å². The van der Waals surface area contributed by atoms with Crippen molar-refractivity contribution in [3.63, 3.8) is 0 Å². The van der Waals surface area contributed by atoms with Crippen molar-refractivity contribution in [2.75, 3.05) is 6.54 Å². The van der Waals surface area contributed by atoms with Crippen LogP contribution in [-0.4, -0.2) is 52.3 Å². The number of carbonyl (C=O) groups excluding carboxylic acids is 1. The first-order valence-electron chi connectivity index (χ1n) is 10.6. The second-order valence-corrected chi connectivity index (χ2v) is 9.95. The van der Waals surface area contributed by atoms with E-state index in [0.29, 0.717) is 4.31 Å². The fraction of sp³-hybridized carbons (Fsp3) is 0.273. The van der Waals surface area contributed by atoms with Gasteiger partial charge in [-0.3, -0.25) is 4.79 Å². The van der Waals surface area contributed by atoms with Crippen molar-refractivity contribution in [3.05, 3.63) is 72.1 Å². The number of benzene rings is 1. The number of hydrogen-bond donors (Lipinski definition) is 1. The Morgan fingerprint density at radius 3 is 2.27 bits per heavy atom. The fourth-order valence-corrected chi connectivity index (χ4v) is 5.33. The monoisotopic (exact) mass is 545 g/mol. The Bertz CT molecular complexity index is 1400. The topological polar surface area (TPSA) is 105 Å². The molecule has 37 heavy (non-hydrogen) atoms. The molecule has 15 heteroatoms. The highest BCUT2D eigenvalue weighted by atomic mass is 32.2. The van der Waals surface area contributed by atoms with E-state index >= 15 is 0 Å². The molecule has 3 aromatic rings. The molecule has 0 aliphatic carbocycles. The van der Waals surface area contributed by atoms with E-state index in [1.165, 1.54) is 6.07 Å². The first kappa shape index (κ1) is 26.5. The lowest BCUT2D eigenvalue weighted by atomic mass is 10.1. The fourth-order valence-electron chi connectivity index (χ4n) is 3.70. The first-order valence-corrected chi connectivity index (χ1v) is 12.0. The van der Waals surface area contributed by atoms with Gasteiger partial charge in [0.15, 0.2) is 0 Å². The molecule has 3 heterocycles. The standard InChI is InChI=1S/C22H17F6N5O3S/c23-15-1-3-17(4-2-15)37(35,36)33-11-16(24)6-18(33)20(34)30-8-13-5-12(7-29-19(13)25)14-9-31-21(32-10-14)22(26,27)28/h1-5,7,9-10,16,18H,6,8,11H2,(H,30,34). The van der Waals surface area contributed by atoms with E-state index in [1.54, 1.807) is 0 Å². The third-order valence-corrected chi connectivity index (χ3v) is 7.42. The smallest absolute Gasteiger partial charge is 0.350 e. The SMILES string of the molecule is O=C(NCc1cc(-c2cnc(C(F)(F)F)nc2)cnc1F)C1CC(F)CN1S(=O)(=O)c1ccc(F)cc1. The Labute approximate surface area is 206 Å². The molecule has 1 saturated heterocycles. The van der Waals surface area contributed by atoms with Gasteiger partial charge in [0.1, 0.15) is 18.0 Å². The molecule has 0 saturated carbocycles. The summed E-state index contributed by atoms with van der Waals surface area (Å²) in [5.41, 5.74) is 0.0822. The zero-order chi connectivity index (χ0) is 27.0. The minimum atomic E-state index is -4.74. The summed E-state index contributed by atoms with van der Waals surface area (Å²) in [6, 6.07) is 3.55. The predicted molar refractivity (Wildman–Crippen MR) is 116 cm³/mol. The minimum Gasteiger partial charge on any atom is -0.350 e. The molecule has 0 radical (unpaired) electrons. The van der Waals surface area contributed by atoms with Gasteiger partial charge in [-0.05, 0) is 30.3 Å². The molecule has 196 valence electrons. The van der Waals surface area contributed by atoms with Crippen molar-refractivity contribution in [2.24, 2.45) is 0 Å². The molecule has 2 aromatic heterocycles. The van der Waals surface area contributed by atoms with Crippen LogP contribution in [-0.2, 0) is 27.5 Å². The number of nitrogens with zero attached hydrogens (tertiary/aromatic N) is 4. The molecular weight excluding hydrogens is 528 g/mol. The lowest BCUT2D eigenvalue weighted by Crippen LogP contribution is -2.45. The van der Waals surface area contributed by atoms with Gasteiger partial charge >= 0.3 is 6.18 Å². The van der Waals surface area contributed by atoms with E-state index in [2.05, 4.69) is 20.3 Å². The number of halogens is 6. The molecule has 8 nitrogen and oxygen atoms in total. The average molecular weight is 545 g/mol. The molecular formula is C22H17F6N5O3S. The minimum absolute atomic E-state index is 0.0979. The van der Waals surface area contributed by atoms with Crippen molar-refractivity contribution in [2.45, 2.75) is 36.3 Å². The van der Waals surface area contributed by atoms with Crippen molar-refractivity contribution < 1.29 is 39.6 Å². The van der Waals surface area contributed by atoms with Crippen LogP contribution in [0.5, 0.6) is 0 Å². The zero-order valence-electron chi connectivity index (χ0n) is 18.6. The summed E-state index contributed by atoms with van der Waals surface area (Å²) < 4.78 is 106. The molecule has 0 spiro atoms. The number of pyridine rings is 1. The Balaban J connectivity index is 1.50. The second kappa shape index (κ2) is 10.0. The van der Waals surface area contributed by atoms with Gasteiger partial charge in [0.05, 0.1) is 4.90 Å². The van der Waals surface area contributed by atoms with Crippen LogP contribution in [0.25, 0.3) is 11.1 Å². The molecule has 1 N–H and O–H groups in total. The summed E-state index contributed by atoms with van der Waals surface area (Å²) in [6.45, 7) is -1.08. The predicted octanol–water partition coefficient (Wildman–Crippen LogP) is 3.25. The van der Waals surface area contributed by atoms with Crippen LogP contribution in [0.3, 0.4) is 0 Å². The van der Waals surface area contributed by atoms with E-state index in [4.69, 9.17) is 0 Å². The molecule has 1 aliphatic heterocycles. The quantitative estimate of drug-likeness (QED) is 0.377. The van der Waals surface area contributed by atoms with Crippen molar-refractivity contribution >= 4 is 15.9 Å². The van der Waals surface area contributed by atoms with Crippen LogP contribution >= 0.6 is 0 Å². The maximum Gasteiger partial charge on any atom is 0.451 e. The maximum atomic E-state index is 14.3. The number of alkyl halides is 4. The summed E-state index contributed by atoms with van der Waals surface area (Å²) in [7, 11) is -4.35. The highest BCUT2D eigenvalue weighted by Crippen LogP contribution is 2.29. The van der Waals surface area contributed by atoms with Crippen LogP contribution in [0.1, 0.15) is 17.8 Å². The molecule has 0 bridgehead atoms. The number of hydrogen-bond acceptors (Lipinski definition) is 6. The molecule has 1 aliphatic rings. The van der Waals surface area contributed by atoms with Gasteiger partial charge in [-0.25, -0.2) is 32.2 Å². The van der Waals surface area contributed by atoms with Gasteiger partial charge in [0.25, 0.3) is 0 Å². The Morgan fingerprint density at radius 2 is 1.65 bits per heavy atom. The van der Waals surface area contributed by atoms with Gasteiger partial charge in [-0.2, -0.15) is 21.9 Å². The van der Waals surface area contributed by atoms with Crippen LogP contribution < -0.4 is 5.32 Å². The highest BCUT2D eigenvalue weighted by molar-refractivity contribution is 7.89. The van der Waals surface area contributed by atoms with E-state index < -0.39 is 71.4 Å². The average Bonchev–Trinajstić information content (AvgIpc) is 3.26. The summed E-state index contributed by atoms with van der Waals surface area (Å²) in [4.78, 5) is 22.4. The summed E-state index contributed by atoms with van der Waals surface area (Å²) in [6.07, 6.45) is -4.04. The highest BCUT2D eigenvalue weighted by Gasteiger charge is 2.44. The third kappa shape index (κ3) is 5.72. The van der Waals surface area contributed by atoms with Crippen molar-refractivity contribution in [1.82, 2.24) is 24.6 Å². The number of nitrogens with one attached hydrogen (secondary N) is 1. The molecule has 4 rings (SSSR count). The van der Waals surface area contributed by atoms with E-state index in [0.717, 1.165) is 42.9 Å². The molecule has 1 fully saturated rings. The van der Waals surface area contributed by atoms with E-state index in [9.17, 15) is 39.6 Å². The summed E-state index contributed by atoms with van der Waals surface area (Å²) >= 11 is 0. The Kier molecular flexibility index (Phi) is 7.19. The first-order chi connectivity index (χ1) is 17.4. The number of carbonyl (C=O) groups is 1. The number of aromatic nitrogens is 3. The molecule has 2 unspecified atom stereocenters. The third-order valence-electron chi connectivity index (χ3n) is 5.53. The molecule has 1 aromatic carbocycles. The van der Waals surface area contributed by atoms with Crippen LogP contribution in [0.4, 0.5) is 26.3 Å². The van der Waals surface area contributed by atoms with Crippen LogP contribution in [0, 0.1) is 11.8 Å². The second-order valence-electron chi connectivity index (χ2n) is 8.06. The van der Waals surface area contributed by atoms with Crippen molar-refractivity contribution in [1.29, 1.82) is 0 Å². The summed E-state index contributed by atoms with van der Waals surface area (Å²) in [5, 5.41) is 2.34. The van der Waals surface area contributed by atoms with Gasteiger partial charge in [0, 0.05) is 54.8 Å². The zero-order valence-corrected chi connectivity index (χ0v) is 19.4. The summed E-state index contributed by atoms with van der Waals surface area (Å²) in [5.74, 6) is -3.95. The van der Waals surface area contributed by atoms with Crippen LogP contribution in [0.15, 0.2) is 53.8 Å². The molecule has 2 atom stereocenters. The van der Waals surface area contributed by atoms with Gasteiger partial charge in [0.2, 0.25) is 27.7 Å². The molecule has 1 amide bonds. The number of sulfonamides is 1. The maximum absolute atomic E-state index is 14.3. The van der Waals surface area contributed by atoms with Gasteiger partial charge in [-0.1, -0.05) is 0 Å². The van der Waals surface area contributed by atoms with Crippen LogP contribution in [0.2, 0.25) is 0 Å². The lowest BCUT2D eigenvalue weighted by molar-refractivity contribution is -0.145. The largest absolute Gasteiger partial charge is 0.451 e. The normalized spacial score (nSPS) is 18.6. The number of amides is 1. The van der Waals surface area contributed by atoms with Gasteiger partial charge < -0.3 is 5.32 Å². The van der Waals surface area contributed by atoms with E-state index in [1.807, 2.05) is 0 Å². The van der Waals surface area contributed by atoms with Crippen molar-refractivity contribution in [3.8, 4) is 11.1 Å². The van der Waals surface area contributed by atoms with Gasteiger partial charge in [-0.15, -0.1) is 0 Å². The Morgan fingerprint density at radius 1 is 1.03 bits per heavy atom. The number of rotatable bonds is 6.